The van der Waals surface area contributed by atoms with Crippen LogP contribution >= 0.6 is 0 Å². The number of piperazine rings is 1. The van der Waals surface area contributed by atoms with Crippen LogP contribution < -0.4 is 16.6 Å². The predicted molar refractivity (Wildman–Crippen MR) is 60.6 cm³/mol. The number of H-pyrrole nitrogens is 1. The topological polar surface area (TPSA) is 70.1 Å². The number of halogens is 1. The number of nitrogens with zero attached hydrogens (tertiary/aromatic N) is 2. The third kappa shape index (κ3) is 3.01. The zero-order chi connectivity index (χ0) is 12.3. The second kappa shape index (κ2) is 5.24. The van der Waals surface area contributed by atoms with Gasteiger partial charge in [0.05, 0.1) is 6.20 Å². The normalized spacial score (nSPS) is 17.2. The molecule has 2 rings (SSSR count). The molecule has 0 bridgehead atoms. The van der Waals surface area contributed by atoms with Crippen molar-refractivity contribution in [3.8, 4) is 0 Å². The summed E-state index contributed by atoms with van der Waals surface area (Å²) in [5, 5.41) is 3.22. The van der Waals surface area contributed by atoms with Gasteiger partial charge in [-0.05, 0) is 0 Å². The first-order chi connectivity index (χ1) is 8.16. The lowest BCUT2D eigenvalue weighted by Crippen LogP contribution is -2.45. The lowest BCUT2D eigenvalue weighted by atomic mass is 10.3. The first-order valence-electron chi connectivity index (χ1n) is 5.59. The molecule has 0 saturated carbocycles. The Bertz CT molecular complexity index is 490. The highest BCUT2D eigenvalue weighted by Gasteiger charge is 2.10. The lowest BCUT2D eigenvalue weighted by Gasteiger charge is -2.27. The largest absolute Gasteiger partial charge is 0.328 e. The van der Waals surface area contributed by atoms with E-state index >= 15 is 0 Å². The predicted octanol–water partition coefficient (Wildman–Crippen LogP) is -1.42. The van der Waals surface area contributed by atoms with E-state index in [-0.39, 0.29) is 0 Å². The van der Waals surface area contributed by atoms with Crippen LogP contribution in [-0.2, 0) is 6.54 Å². The van der Waals surface area contributed by atoms with Gasteiger partial charge in [0, 0.05) is 39.3 Å². The molecule has 0 aliphatic carbocycles. The molecular formula is C10H15FN4O2. The van der Waals surface area contributed by atoms with Gasteiger partial charge in [-0.1, -0.05) is 0 Å². The van der Waals surface area contributed by atoms with Crippen molar-refractivity contribution in [1.29, 1.82) is 0 Å². The summed E-state index contributed by atoms with van der Waals surface area (Å²) in [5.74, 6) is -0.926. The van der Waals surface area contributed by atoms with Gasteiger partial charge >= 0.3 is 5.69 Å². The Kier molecular flexibility index (Phi) is 3.70. The fourth-order valence-corrected chi connectivity index (χ4v) is 1.83. The van der Waals surface area contributed by atoms with Crippen molar-refractivity contribution in [2.45, 2.75) is 6.54 Å². The van der Waals surface area contributed by atoms with E-state index in [4.69, 9.17) is 0 Å². The minimum atomic E-state index is -0.964. The Morgan fingerprint density at radius 1 is 1.24 bits per heavy atom. The van der Waals surface area contributed by atoms with Gasteiger partial charge in [0.15, 0.2) is 0 Å². The summed E-state index contributed by atoms with van der Waals surface area (Å²) in [4.78, 5) is 26.3. The van der Waals surface area contributed by atoms with Gasteiger partial charge in [0.25, 0.3) is 5.56 Å². The van der Waals surface area contributed by atoms with Gasteiger partial charge < -0.3 is 5.32 Å². The Balaban J connectivity index is 2.01. The smallest absolute Gasteiger partial charge is 0.314 e. The van der Waals surface area contributed by atoms with Crippen LogP contribution in [0.1, 0.15) is 0 Å². The van der Waals surface area contributed by atoms with E-state index in [1.165, 1.54) is 4.57 Å². The maximum atomic E-state index is 13.0. The molecule has 94 valence electrons. The van der Waals surface area contributed by atoms with E-state index in [9.17, 15) is 14.0 Å². The van der Waals surface area contributed by atoms with E-state index in [1.54, 1.807) is 0 Å². The van der Waals surface area contributed by atoms with Crippen molar-refractivity contribution in [1.82, 2.24) is 19.8 Å². The zero-order valence-corrected chi connectivity index (χ0v) is 9.41. The van der Waals surface area contributed by atoms with Gasteiger partial charge in [-0.3, -0.25) is 19.2 Å². The molecule has 6 nitrogen and oxygen atoms in total. The Morgan fingerprint density at radius 2 is 1.94 bits per heavy atom. The number of nitrogens with one attached hydrogen (secondary N) is 2. The summed E-state index contributed by atoms with van der Waals surface area (Å²) in [6, 6.07) is 0. The van der Waals surface area contributed by atoms with E-state index in [1.807, 2.05) is 4.98 Å². The molecule has 7 heteroatoms. The molecule has 2 N–H and O–H groups in total. The van der Waals surface area contributed by atoms with Gasteiger partial charge in [-0.25, -0.2) is 4.79 Å². The molecular weight excluding hydrogens is 227 g/mol. The van der Waals surface area contributed by atoms with Gasteiger partial charge in [0.1, 0.15) is 0 Å². The minimum absolute atomic E-state index is 0.381. The molecule has 1 aromatic rings. The third-order valence-corrected chi connectivity index (χ3v) is 2.83. The zero-order valence-electron chi connectivity index (χ0n) is 9.41. The average Bonchev–Trinajstić information content (AvgIpc) is 2.33. The Hall–Kier alpha value is -1.47. The van der Waals surface area contributed by atoms with E-state index in [0.717, 1.165) is 32.4 Å². The fourth-order valence-electron chi connectivity index (χ4n) is 1.83. The van der Waals surface area contributed by atoms with Crippen LogP contribution in [-0.4, -0.2) is 47.2 Å². The molecule has 0 unspecified atom stereocenters. The third-order valence-electron chi connectivity index (χ3n) is 2.83. The first-order valence-corrected chi connectivity index (χ1v) is 5.59. The molecule has 0 atom stereocenters. The molecule has 2 heterocycles. The number of hydrogen-bond acceptors (Lipinski definition) is 4. The standard InChI is InChI=1S/C10H15FN4O2/c11-8-7-15(10(17)13-9(8)16)6-5-14-3-1-12-2-4-14/h7,12H,1-6H2,(H,13,16,17). The summed E-state index contributed by atoms with van der Waals surface area (Å²) in [7, 11) is 0. The first kappa shape index (κ1) is 12.0. The molecule has 17 heavy (non-hydrogen) atoms. The summed E-state index contributed by atoms with van der Waals surface area (Å²) in [6.07, 6.45) is 0.962. The summed E-state index contributed by atoms with van der Waals surface area (Å²) >= 11 is 0. The minimum Gasteiger partial charge on any atom is -0.314 e. The highest BCUT2D eigenvalue weighted by Crippen LogP contribution is 1.93. The summed E-state index contributed by atoms with van der Waals surface area (Å²) in [5.41, 5.74) is -1.53. The number of aromatic nitrogens is 2. The van der Waals surface area contributed by atoms with Crippen LogP contribution in [0.25, 0.3) is 0 Å². The summed E-state index contributed by atoms with van der Waals surface area (Å²) < 4.78 is 14.2. The van der Waals surface area contributed by atoms with Crippen molar-refractivity contribution in [2.24, 2.45) is 0 Å². The molecule has 0 radical (unpaired) electrons. The lowest BCUT2D eigenvalue weighted by molar-refractivity contribution is 0.230. The second-order valence-electron chi connectivity index (χ2n) is 4.02. The average molecular weight is 242 g/mol. The SMILES string of the molecule is O=c1[nH]c(=O)n(CCN2CCNCC2)cc1F. The van der Waals surface area contributed by atoms with Crippen LogP contribution in [0.15, 0.2) is 15.8 Å². The van der Waals surface area contributed by atoms with E-state index in [2.05, 4.69) is 10.2 Å². The van der Waals surface area contributed by atoms with Crippen molar-refractivity contribution in [3.63, 3.8) is 0 Å². The number of aromatic amines is 1. The Morgan fingerprint density at radius 3 is 2.65 bits per heavy atom. The molecule has 1 aliphatic rings. The van der Waals surface area contributed by atoms with Crippen LogP contribution in [0.4, 0.5) is 4.39 Å². The van der Waals surface area contributed by atoms with E-state index in [0.29, 0.717) is 13.1 Å². The molecule has 1 saturated heterocycles. The second-order valence-corrected chi connectivity index (χ2v) is 4.02. The fraction of sp³-hybridized carbons (Fsp3) is 0.600. The van der Waals surface area contributed by atoms with Crippen LogP contribution in [0.3, 0.4) is 0 Å². The number of rotatable bonds is 3. The van der Waals surface area contributed by atoms with Gasteiger partial charge in [0.2, 0.25) is 5.82 Å². The molecule has 1 aromatic heterocycles. The monoisotopic (exact) mass is 242 g/mol. The maximum Gasteiger partial charge on any atom is 0.328 e. The van der Waals surface area contributed by atoms with Crippen LogP contribution in [0, 0.1) is 5.82 Å². The van der Waals surface area contributed by atoms with Crippen molar-refractivity contribution >= 4 is 0 Å². The summed E-state index contributed by atoms with van der Waals surface area (Å²) in [6.45, 7) is 4.74. The highest BCUT2D eigenvalue weighted by atomic mass is 19.1. The van der Waals surface area contributed by atoms with Crippen molar-refractivity contribution in [2.75, 3.05) is 32.7 Å². The molecule has 0 amide bonds. The Labute approximate surface area is 97.1 Å². The van der Waals surface area contributed by atoms with Crippen molar-refractivity contribution < 1.29 is 4.39 Å². The van der Waals surface area contributed by atoms with E-state index < -0.39 is 17.1 Å². The molecule has 0 aromatic carbocycles. The van der Waals surface area contributed by atoms with Gasteiger partial charge in [-0.15, -0.1) is 0 Å². The van der Waals surface area contributed by atoms with Gasteiger partial charge in [-0.2, -0.15) is 4.39 Å². The molecule has 1 aliphatic heterocycles. The molecule has 1 fully saturated rings. The molecule has 0 spiro atoms. The van der Waals surface area contributed by atoms with Crippen molar-refractivity contribution in [3.05, 3.63) is 32.9 Å². The highest BCUT2D eigenvalue weighted by molar-refractivity contribution is 4.87. The van der Waals surface area contributed by atoms with Crippen LogP contribution in [0.2, 0.25) is 0 Å². The number of hydrogen-bond donors (Lipinski definition) is 2. The quantitative estimate of drug-likeness (QED) is 0.682. The van der Waals surface area contributed by atoms with Crippen LogP contribution in [0.5, 0.6) is 0 Å². The maximum absolute atomic E-state index is 13.0.